The van der Waals surface area contributed by atoms with E-state index in [9.17, 15) is 9.59 Å². The summed E-state index contributed by atoms with van der Waals surface area (Å²) in [6, 6.07) is 2.93. The molecular weight excluding hydrogens is 232 g/mol. The van der Waals surface area contributed by atoms with E-state index >= 15 is 0 Å². The second-order valence-corrected chi connectivity index (χ2v) is 4.10. The fourth-order valence-electron chi connectivity index (χ4n) is 1.68. The van der Waals surface area contributed by atoms with Gasteiger partial charge in [-0.1, -0.05) is 20.3 Å². The largest absolute Gasteiger partial charge is 0.477 e. The van der Waals surface area contributed by atoms with Crippen molar-refractivity contribution in [2.45, 2.75) is 39.2 Å². The molecule has 5 nitrogen and oxygen atoms in total. The van der Waals surface area contributed by atoms with E-state index < -0.39 is 5.97 Å². The molecule has 2 N–H and O–H groups in total. The maximum absolute atomic E-state index is 11.9. The Morgan fingerprint density at radius 1 is 1.44 bits per heavy atom. The number of carbonyl (C=O) groups is 2. The van der Waals surface area contributed by atoms with Gasteiger partial charge in [0.1, 0.15) is 5.69 Å². The number of hydrogen-bond acceptors (Lipinski definition) is 3. The van der Waals surface area contributed by atoms with Crippen molar-refractivity contribution in [2.75, 3.05) is 0 Å². The molecule has 1 unspecified atom stereocenters. The minimum atomic E-state index is -1.13. The highest BCUT2D eigenvalue weighted by molar-refractivity contribution is 5.96. The first-order chi connectivity index (χ1) is 8.58. The van der Waals surface area contributed by atoms with Crippen molar-refractivity contribution in [3.63, 3.8) is 0 Å². The van der Waals surface area contributed by atoms with E-state index in [0.29, 0.717) is 5.56 Å². The van der Waals surface area contributed by atoms with Crippen LogP contribution in [0, 0.1) is 0 Å². The molecule has 98 valence electrons. The summed E-state index contributed by atoms with van der Waals surface area (Å²) >= 11 is 0. The van der Waals surface area contributed by atoms with Gasteiger partial charge in [-0.25, -0.2) is 9.78 Å². The average Bonchev–Trinajstić information content (AvgIpc) is 2.38. The third kappa shape index (κ3) is 3.84. The van der Waals surface area contributed by atoms with Crippen LogP contribution in [0.4, 0.5) is 0 Å². The number of aromatic nitrogens is 1. The van der Waals surface area contributed by atoms with Crippen LogP contribution in [0.25, 0.3) is 0 Å². The highest BCUT2D eigenvalue weighted by Gasteiger charge is 2.13. The van der Waals surface area contributed by atoms with Crippen LogP contribution >= 0.6 is 0 Å². The Bertz CT molecular complexity index is 432. The maximum Gasteiger partial charge on any atom is 0.354 e. The van der Waals surface area contributed by atoms with Gasteiger partial charge in [-0.15, -0.1) is 0 Å². The minimum Gasteiger partial charge on any atom is -0.477 e. The average molecular weight is 250 g/mol. The lowest BCUT2D eigenvalue weighted by Gasteiger charge is -2.16. The van der Waals surface area contributed by atoms with E-state index in [1.165, 1.54) is 18.3 Å². The fraction of sp³-hybridized carbons (Fsp3) is 0.462. The lowest BCUT2D eigenvalue weighted by Crippen LogP contribution is -2.34. The van der Waals surface area contributed by atoms with Crippen molar-refractivity contribution < 1.29 is 14.7 Å². The Kier molecular flexibility index (Phi) is 5.30. The number of hydrogen-bond donors (Lipinski definition) is 2. The molecule has 0 fully saturated rings. The predicted molar refractivity (Wildman–Crippen MR) is 67.6 cm³/mol. The maximum atomic E-state index is 11.9. The molecule has 1 aromatic rings. The van der Waals surface area contributed by atoms with Gasteiger partial charge < -0.3 is 10.4 Å². The Morgan fingerprint density at radius 3 is 2.72 bits per heavy atom. The molecular formula is C13H18N2O3. The molecule has 0 saturated carbocycles. The van der Waals surface area contributed by atoms with Gasteiger partial charge in [-0.2, -0.15) is 0 Å². The van der Waals surface area contributed by atoms with Gasteiger partial charge in [0.25, 0.3) is 5.91 Å². The molecule has 0 aromatic carbocycles. The van der Waals surface area contributed by atoms with Crippen molar-refractivity contribution in [3.8, 4) is 0 Å². The van der Waals surface area contributed by atoms with Crippen molar-refractivity contribution in [3.05, 3.63) is 29.6 Å². The van der Waals surface area contributed by atoms with E-state index in [0.717, 1.165) is 19.3 Å². The van der Waals surface area contributed by atoms with Crippen LogP contribution in [0.1, 0.15) is 54.0 Å². The topological polar surface area (TPSA) is 79.3 Å². The number of nitrogens with one attached hydrogen (secondary N) is 1. The molecule has 0 saturated heterocycles. The number of amides is 1. The third-order valence-electron chi connectivity index (χ3n) is 2.71. The molecule has 0 spiro atoms. The SMILES string of the molecule is CCCC(CC)NC(=O)c1ccnc(C(=O)O)c1. The first kappa shape index (κ1) is 14.2. The summed E-state index contributed by atoms with van der Waals surface area (Å²) in [5.74, 6) is -1.38. The smallest absolute Gasteiger partial charge is 0.354 e. The molecule has 0 aliphatic rings. The van der Waals surface area contributed by atoms with Crippen molar-refractivity contribution in [1.29, 1.82) is 0 Å². The van der Waals surface area contributed by atoms with Crippen LogP contribution in [0.2, 0.25) is 0 Å². The molecule has 0 bridgehead atoms. The van der Waals surface area contributed by atoms with E-state index in [4.69, 9.17) is 5.11 Å². The van der Waals surface area contributed by atoms with E-state index in [2.05, 4.69) is 17.2 Å². The number of carboxylic acids is 1. The van der Waals surface area contributed by atoms with Crippen molar-refractivity contribution in [1.82, 2.24) is 10.3 Å². The Hall–Kier alpha value is -1.91. The lowest BCUT2D eigenvalue weighted by atomic mass is 10.1. The number of carbonyl (C=O) groups excluding carboxylic acids is 1. The summed E-state index contributed by atoms with van der Waals surface area (Å²) in [6.45, 7) is 4.07. The monoisotopic (exact) mass is 250 g/mol. The summed E-state index contributed by atoms with van der Waals surface area (Å²) in [5.41, 5.74) is 0.211. The second kappa shape index (κ2) is 6.74. The van der Waals surface area contributed by atoms with Gasteiger partial charge in [0.2, 0.25) is 0 Å². The molecule has 0 aliphatic carbocycles. The zero-order chi connectivity index (χ0) is 13.5. The van der Waals surface area contributed by atoms with Crippen molar-refractivity contribution in [2.24, 2.45) is 0 Å². The second-order valence-electron chi connectivity index (χ2n) is 4.10. The van der Waals surface area contributed by atoms with Crippen LogP contribution in [0.15, 0.2) is 18.3 Å². The molecule has 0 radical (unpaired) electrons. The Balaban J connectivity index is 2.77. The molecule has 1 amide bonds. The van der Waals surface area contributed by atoms with Gasteiger partial charge in [0.05, 0.1) is 0 Å². The number of aromatic carboxylic acids is 1. The van der Waals surface area contributed by atoms with Crippen LogP contribution in [-0.4, -0.2) is 28.0 Å². The highest BCUT2D eigenvalue weighted by atomic mass is 16.4. The van der Waals surface area contributed by atoms with Crippen molar-refractivity contribution >= 4 is 11.9 Å². The summed E-state index contributed by atoms with van der Waals surface area (Å²) in [6.07, 6.45) is 4.10. The normalized spacial score (nSPS) is 11.9. The standard InChI is InChI=1S/C13H18N2O3/c1-3-5-10(4-2)15-12(16)9-6-7-14-11(8-9)13(17)18/h6-8,10H,3-5H2,1-2H3,(H,15,16)(H,17,18). The zero-order valence-corrected chi connectivity index (χ0v) is 10.6. The fourth-order valence-corrected chi connectivity index (χ4v) is 1.68. The van der Waals surface area contributed by atoms with E-state index in [-0.39, 0.29) is 17.6 Å². The first-order valence-electron chi connectivity index (χ1n) is 6.08. The van der Waals surface area contributed by atoms with E-state index in [1.54, 1.807) is 0 Å². The summed E-state index contributed by atoms with van der Waals surface area (Å²) < 4.78 is 0. The Morgan fingerprint density at radius 2 is 2.17 bits per heavy atom. The van der Waals surface area contributed by atoms with Gasteiger partial charge in [0, 0.05) is 17.8 Å². The van der Waals surface area contributed by atoms with Gasteiger partial charge in [0.15, 0.2) is 0 Å². The lowest BCUT2D eigenvalue weighted by molar-refractivity contribution is 0.0690. The number of carboxylic acid groups (broad SMARTS) is 1. The number of rotatable bonds is 6. The predicted octanol–water partition coefficient (Wildman–Crippen LogP) is 2.09. The van der Waals surface area contributed by atoms with Gasteiger partial charge in [-0.05, 0) is 25.0 Å². The summed E-state index contributed by atoms with van der Waals surface area (Å²) in [5, 5.41) is 11.7. The number of pyridine rings is 1. The highest BCUT2D eigenvalue weighted by Crippen LogP contribution is 2.06. The minimum absolute atomic E-state index is 0.119. The van der Waals surface area contributed by atoms with Crippen LogP contribution in [0.3, 0.4) is 0 Å². The molecule has 1 heterocycles. The quantitative estimate of drug-likeness (QED) is 0.810. The molecule has 1 aromatic heterocycles. The molecule has 5 heteroatoms. The van der Waals surface area contributed by atoms with E-state index in [1.807, 2.05) is 6.92 Å². The van der Waals surface area contributed by atoms with Crippen LogP contribution < -0.4 is 5.32 Å². The molecule has 1 rings (SSSR count). The van der Waals surface area contributed by atoms with Crippen LogP contribution in [0.5, 0.6) is 0 Å². The van der Waals surface area contributed by atoms with Crippen LogP contribution in [-0.2, 0) is 0 Å². The number of nitrogens with zero attached hydrogens (tertiary/aromatic N) is 1. The molecule has 1 atom stereocenters. The molecule has 18 heavy (non-hydrogen) atoms. The first-order valence-corrected chi connectivity index (χ1v) is 6.08. The van der Waals surface area contributed by atoms with Gasteiger partial charge in [-0.3, -0.25) is 4.79 Å². The zero-order valence-electron chi connectivity index (χ0n) is 10.6. The molecule has 0 aliphatic heterocycles. The summed E-state index contributed by atoms with van der Waals surface area (Å²) in [7, 11) is 0. The third-order valence-corrected chi connectivity index (χ3v) is 2.71. The van der Waals surface area contributed by atoms with Gasteiger partial charge >= 0.3 is 5.97 Å². The summed E-state index contributed by atoms with van der Waals surface area (Å²) in [4.78, 5) is 26.4. The Labute approximate surface area is 106 Å².